The van der Waals surface area contributed by atoms with Crippen LogP contribution < -0.4 is 10.6 Å². The van der Waals surface area contributed by atoms with E-state index >= 15 is 0 Å². The van der Waals surface area contributed by atoms with Crippen LogP contribution in [0.4, 0.5) is 0 Å². The molecule has 0 saturated carbocycles. The van der Waals surface area contributed by atoms with Crippen molar-refractivity contribution in [1.82, 2.24) is 15.5 Å². The average Bonchev–Trinajstić information content (AvgIpc) is 3.15. The summed E-state index contributed by atoms with van der Waals surface area (Å²) in [7, 11) is 0. The summed E-state index contributed by atoms with van der Waals surface area (Å²) in [5.41, 5.74) is 0. The molecule has 27 heavy (non-hydrogen) atoms. The van der Waals surface area contributed by atoms with E-state index in [2.05, 4.69) is 60.7 Å². The fraction of sp³-hybridized carbons (Fsp3) is 0.750. The Balaban J connectivity index is 0.00000364. The molecule has 1 aliphatic rings. The largest absolute Gasteiger partial charge is 0.377 e. The minimum atomic E-state index is 0. The summed E-state index contributed by atoms with van der Waals surface area (Å²) in [5.74, 6) is 1.42. The molecule has 1 aromatic rings. The Morgan fingerprint density at radius 2 is 2.07 bits per heavy atom. The van der Waals surface area contributed by atoms with Crippen LogP contribution in [0.15, 0.2) is 22.5 Å². The molecule has 5 nitrogen and oxygen atoms in total. The molecule has 1 unspecified atom stereocenters. The summed E-state index contributed by atoms with van der Waals surface area (Å²) in [6.07, 6.45) is 2.64. The second-order valence-electron chi connectivity index (χ2n) is 7.32. The number of rotatable bonds is 9. The molecule has 0 aliphatic carbocycles. The lowest BCUT2D eigenvalue weighted by molar-refractivity contribution is 0.0532. The van der Waals surface area contributed by atoms with Gasteiger partial charge in [-0.2, -0.15) is 0 Å². The third kappa shape index (κ3) is 9.58. The van der Waals surface area contributed by atoms with Gasteiger partial charge >= 0.3 is 0 Å². The van der Waals surface area contributed by atoms with Crippen LogP contribution >= 0.6 is 35.3 Å². The fourth-order valence-corrected chi connectivity index (χ4v) is 3.90. The summed E-state index contributed by atoms with van der Waals surface area (Å²) in [6.45, 7) is 14.4. The molecular weight excluding hydrogens is 471 g/mol. The quantitative estimate of drug-likeness (QED) is 0.302. The minimum Gasteiger partial charge on any atom is -0.377 e. The highest BCUT2D eigenvalue weighted by atomic mass is 127. The van der Waals surface area contributed by atoms with E-state index in [1.54, 1.807) is 0 Å². The van der Waals surface area contributed by atoms with Crippen LogP contribution in [-0.4, -0.2) is 62.3 Å². The lowest BCUT2D eigenvalue weighted by atomic mass is 10.1. The molecule has 1 saturated heterocycles. The first-order valence-corrected chi connectivity index (χ1v) is 10.9. The number of thiophene rings is 1. The van der Waals surface area contributed by atoms with Gasteiger partial charge in [0.15, 0.2) is 5.96 Å². The number of hydrogen-bond acceptors (Lipinski definition) is 4. The average molecular weight is 509 g/mol. The number of aliphatic imine (C=N–C) groups is 1. The van der Waals surface area contributed by atoms with E-state index in [1.807, 2.05) is 11.3 Å². The predicted molar refractivity (Wildman–Crippen MR) is 128 cm³/mol. The van der Waals surface area contributed by atoms with Crippen molar-refractivity contribution in [3.05, 3.63) is 22.4 Å². The van der Waals surface area contributed by atoms with E-state index in [4.69, 9.17) is 9.73 Å². The normalized spacial score (nSPS) is 17.6. The monoisotopic (exact) mass is 508 g/mol. The van der Waals surface area contributed by atoms with Gasteiger partial charge in [0.2, 0.25) is 0 Å². The zero-order chi connectivity index (χ0) is 18.8. The molecule has 0 amide bonds. The lowest BCUT2D eigenvalue weighted by Crippen LogP contribution is -2.49. The molecule has 0 aromatic carbocycles. The minimum absolute atomic E-state index is 0. The highest BCUT2D eigenvalue weighted by molar-refractivity contribution is 14.0. The maximum Gasteiger partial charge on any atom is 0.191 e. The second kappa shape index (κ2) is 13.7. The second-order valence-corrected chi connectivity index (χ2v) is 8.30. The van der Waals surface area contributed by atoms with Crippen LogP contribution in [0.2, 0.25) is 0 Å². The van der Waals surface area contributed by atoms with Crippen LogP contribution in [0, 0.1) is 0 Å². The van der Waals surface area contributed by atoms with Crippen molar-refractivity contribution in [1.29, 1.82) is 0 Å². The number of halogens is 1. The standard InChI is InChI=1S/C20H36N4OS.HI/c1-5-21-20(22-15-17(4)19-7-6-14-26-19)23-18-8-10-24(11-9-18)12-13-25-16(2)3;/h6-7,14,16-18H,5,8-13,15H2,1-4H3,(H2,21,22,23);1H. The van der Waals surface area contributed by atoms with Gasteiger partial charge in [-0.15, -0.1) is 35.3 Å². The van der Waals surface area contributed by atoms with Crippen LogP contribution in [0.3, 0.4) is 0 Å². The topological polar surface area (TPSA) is 48.9 Å². The third-order valence-corrected chi connectivity index (χ3v) is 5.79. The molecule has 1 aliphatic heterocycles. The molecule has 1 aromatic heterocycles. The van der Waals surface area contributed by atoms with Crippen molar-refractivity contribution < 1.29 is 4.74 Å². The van der Waals surface area contributed by atoms with Crippen LogP contribution in [0.5, 0.6) is 0 Å². The summed E-state index contributed by atoms with van der Waals surface area (Å²) in [6, 6.07) is 4.82. The number of hydrogen-bond donors (Lipinski definition) is 2. The van der Waals surface area contributed by atoms with Crippen molar-refractivity contribution in [3.63, 3.8) is 0 Å². The van der Waals surface area contributed by atoms with Gasteiger partial charge in [-0.05, 0) is 45.1 Å². The summed E-state index contributed by atoms with van der Waals surface area (Å²) in [4.78, 5) is 8.73. The van der Waals surface area contributed by atoms with Gasteiger partial charge < -0.3 is 20.3 Å². The van der Waals surface area contributed by atoms with Gasteiger partial charge in [0.05, 0.1) is 19.3 Å². The van der Waals surface area contributed by atoms with Crippen LogP contribution in [0.25, 0.3) is 0 Å². The highest BCUT2D eigenvalue weighted by Crippen LogP contribution is 2.20. The lowest BCUT2D eigenvalue weighted by Gasteiger charge is -2.33. The molecule has 0 bridgehead atoms. The first-order chi connectivity index (χ1) is 12.6. The van der Waals surface area contributed by atoms with Gasteiger partial charge in [0.1, 0.15) is 0 Å². The molecule has 1 atom stereocenters. The Hall–Kier alpha value is -0.380. The van der Waals surface area contributed by atoms with Crippen molar-refractivity contribution >= 4 is 41.3 Å². The summed E-state index contributed by atoms with van der Waals surface area (Å²) >= 11 is 1.81. The molecule has 2 N–H and O–H groups in total. The van der Waals surface area contributed by atoms with Gasteiger partial charge in [-0.1, -0.05) is 13.0 Å². The van der Waals surface area contributed by atoms with Gasteiger partial charge in [0, 0.05) is 43.0 Å². The van der Waals surface area contributed by atoms with E-state index in [0.29, 0.717) is 18.1 Å². The van der Waals surface area contributed by atoms with Gasteiger partial charge in [-0.25, -0.2) is 0 Å². The van der Waals surface area contributed by atoms with Gasteiger partial charge in [0.25, 0.3) is 0 Å². The maximum absolute atomic E-state index is 5.67. The molecule has 0 radical (unpaired) electrons. The molecule has 156 valence electrons. The van der Waals surface area contributed by atoms with Crippen LogP contribution in [0.1, 0.15) is 51.3 Å². The van der Waals surface area contributed by atoms with Gasteiger partial charge in [-0.3, -0.25) is 4.99 Å². The highest BCUT2D eigenvalue weighted by Gasteiger charge is 2.20. The Kier molecular flexibility index (Phi) is 12.5. The fourth-order valence-electron chi connectivity index (χ4n) is 3.12. The predicted octanol–water partition coefficient (Wildman–Crippen LogP) is 3.91. The first-order valence-electron chi connectivity index (χ1n) is 10.0. The molecule has 1 fully saturated rings. The first kappa shape index (κ1) is 24.7. The van der Waals surface area contributed by atoms with Crippen molar-refractivity contribution in [2.75, 3.05) is 39.3 Å². The number of ether oxygens (including phenoxy) is 1. The molecule has 2 heterocycles. The van der Waals surface area contributed by atoms with E-state index in [0.717, 1.165) is 58.1 Å². The number of guanidine groups is 1. The number of piperidine rings is 1. The van der Waals surface area contributed by atoms with Crippen LogP contribution in [-0.2, 0) is 4.74 Å². The van der Waals surface area contributed by atoms with E-state index in [9.17, 15) is 0 Å². The SMILES string of the molecule is CCNC(=NCC(C)c1cccs1)NC1CCN(CCOC(C)C)CC1.I. The Morgan fingerprint density at radius 3 is 2.67 bits per heavy atom. The summed E-state index contributed by atoms with van der Waals surface area (Å²) in [5, 5.41) is 9.17. The third-order valence-electron chi connectivity index (χ3n) is 4.68. The zero-order valence-electron chi connectivity index (χ0n) is 17.2. The Labute approximate surface area is 186 Å². The smallest absolute Gasteiger partial charge is 0.191 e. The Morgan fingerprint density at radius 1 is 1.33 bits per heavy atom. The molecule has 7 heteroatoms. The van der Waals surface area contributed by atoms with E-state index < -0.39 is 0 Å². The number of nitrogens with zero attached hydrogens (tertiary/aromatic N) is 2. The molecule has 2 rings (SSSR count). The Bertz CT molecular complexity index is 516. The maximum atomic E-state index is 5.67. The number of likely N-dealkylation sites (tertiary alicyclic amines) is 1. The van der Waals surface area contributed by atoms with E-state index in [-0.39, 0.29) is 24.0 Å². The van der Waals surface area contributed by atoms with Crippen molar-refractivity contribution in [2.45, 2.75) is 58.6 Å². The zero-order valence-corrected chi connectivity index (χ0v) is 20.4. The number of nitrogens with one attached hydrogen (secondary N) is 2. The van der Waals surface area contributed by atoms with Crippen molar-refractivity contribution in [2.24, 2.45) is 4.99 Å². The summed E-state index contributed by atoms with van der Waals surface area (Å²) < 4.78 is 5.67. The van der Waals surface area contributed by atoms with E-state index in [1.165, 1.54) is 4.88 Å². The van der Waals surface area contributed by atoms with Crippen molar-refractivity contribution in [3.8, 4) is 0 Å². The molecular formula is C20H37IN4OS. The molecule has 0 spiro atoms.